The first kappa shape index (κ1) is 18.5. The minimum Gasteiger partial charge on any atom is -0.298 e. The molecule has 0 aromatic heterocycles. The Balaban J connectivity index is 1.43. The summed E-state index contributed by atoms with van der Waals surface area (Å²) in [4.78, 5) is 5.41. The SMILES string of the molecule is CC(CCc1ccc(Cl)c(Cl)c1)N1CCN(C2CCCCC2)CC1. The number of aryl methyl sites for hydroxylation is 1. The average molecular weight is 369 g/mol. The summed E-state index contributed by atoms with van der Waals surface area (Å²) in [5.74, 6) is 0. The van der Waals surface area contributed by atoms with E-state index >= 15 is 0 Å². The molecule has 2 fully saturated rings. The van der Waals surface area contributed by atoms with Crippen molar-refractivity contribution in [1.82, 2.24) is 9.80 Å². The van der Waals surface area contributed by atoms with Crippen molar-refractivity contribution in [2.45, 2.75) is 64.0 Å². The molecule has 1 aromatic carbocycles. The first-order chi connectivity index (χ1) is 11.6. The Hall–Kier alpha value is -0.280. The van der Waals surface area contributed by atoms with Gasteiger partial charge in [0.1, 0.15) is 0 Å². The molecule has 2 nitrogen and oxygen atoms in total. The molecule has 1 unspecified atom stereocenters. The van der Waals surface area contributed by atoms with Crippen LogP contribution in [0.1, 0.15) is 51.0 Å². The maximum atomic E-state index is 6.12. The van der Waals surface area contributed by atoms with Gasteiger partial charge in [0.2, 0.25) is 0 Å². The van der Waals surface area contributed by atoms with Crippen LogP contribution in [0.4, 0.5) is 0 Å². The fourth-order valence-corrected chi connectivity index (χ4v) is 4.56. The van der Waals surface area contributed by atoms with E-state index in [0.29, 0.717) is 16.1 Å². The second-order valence-electron chi connectivity index (χ2n) is 7.50. The van der Waals surface area contributed by atoms with E-state index in [1.807, 2.05) is 12.1 Å². The molecule has 0 spiro atoms. The summed E-state index contributed by atoms with van der Waals surface area (Å²) in [6.45, 7) is 7.31. The van der Waals surface area contributed by atoms with Gasteiger partial charge in [-0.2, -0.15) is 0 Å². The number of nitrogens with zero attached hydrogens (tertiary/aromatic N) is 2. The second-order valence-corrected chi connectivity index (χ2v) is 8.31. The van der Waals surface area contributed by atoms with Gasteiger partial charge in [-0.25, -0.2) is 0 Å². The highest BCUT2D eigenvalue weighted by Gasteiger charge is 2.26. The monoisotopic (exact) mass is 368 g/mol. The Morgan fingerprint density at radius 3 is 2.38 bits per heavy atom. The van der Waals surface area contributed by atoms with E-state index in [4.69, 9.17) is 23.2 Å². The summed E-state index contributed by atoms with van der Waals surface area (Å²) in [6.07, 6.45) is 9.42. The molecular weight excluding hydrogens is 339 g/mol. The van der Waals surface area contributed by atoms with E-state index in [1.54, 1.807) is 0 Å². The normalized spacial score (nSPS) is 22.6. The summed E-state index contributed by atoms with van der Waals surface area (Å²) in [5.41, 5.74) is 1.29. The van der Waals surface area contributed by atoms with Gasteiger partial charge in [0.05, 0.1) is 10.0 Å². The van der Waals surface area contributed by atoms with Gasteiger partial charge in [-0.1, -0.05) is 48.5 Å². The van der Waals surface area contributed by atoms with Crippen molar-refractivity contribution in [3.63, 3.8) is 0 Å². The van der Waals surface area contributed by atoms with Crippen LogP contribution < -0.4 is 0 Å². The van der Waals surface area contributed by atoms with Crippen LogP contribution in [-0.4, -0.2) is 48.1 Å². The van der Waals surface area contributed by atoms with Gasteiger partial charge in [0.15, 0.2) is 0 Å². The van der Waals surface area contributed by atoms with Crippen molar-refractivity contribution in [3.05, 3.63) is 33.8 Å². The highest BCUT2D eigenvalue weighted by molar-refractivity contribution is 6.42. The predicted molar refractivity (Wildman–Crippen MR) is 104 cm³/mol. The van der Waals surface area contributed by atoms with Crippen LogP contribution in [0, 0.1) is 0 Å². The Labute approximate surface area is 157 Å². The Bertz CT molecular complexity index is 520. The van der Waals surface area contributed by atoms with Gasteiger partial charge < -0.3 is 0 Å². The Kier molecular flexibility index (Phi) is 6.86. The molecule has 0 amide bonds. The lowest BCUT2D eigenvalue weighted by Gasteiger charge is -2.42. The fourth-order valence-electron chi connectivity index (χ4n) is 4.24. The highest BCUT2D eigenvalue weighted by atomic mass is 35.5. The van der Waals surface area contributed by atoms with Crippen LogP contribution in [0.15, 0.2) is 18.2 Å². The largest absolute Gasteiger partial charge is 0.298 e. The number of hydrogen-bond acceptors (Lipinski definition) is 2. The molecule has 1 saturated carbocycles. The number of benzene rings is 1. The molecule has 1 saturated heterocycles. The molecule has 0 N–H and O–H groups in total. The number of rotatable bonds is 5. The van der Waals surface area contributed by atoms with Crippen molar-refractivity contribution in [3.8, 4) is 0 Å². The number of halogens is 2. The van der Waals surface area contributed by atoms with Crippen LogP contribution in [0.5, 0.6) is 0 Å². The zero-order chi connectivity index (χ0) is 16.9. The molecule has 3 rings (SSSR count). The summed E-state index contributed by atoms with van der Waals surface area (Å²) in [6, 6.07) is 7.52. The molecule has 24 heavy (non-hydrogen) atoms. The molecule has 2 aliphatic rings. The molecular formula is C20H30Cl2N2. The topological polar surface area (TPSA) is 6.48 Å². The van der Waals surface area contributed by atoms with Gasteiger partial charge in [-0.3, -0.25) is 9.80 Å². The first-order valence-electron chi connectivity index (χ1n) is 9.55. The van der Waals surface area contributed by atoms with E-state index in [-0.39, 0.29) is 0 Å². The van der Waals surface area contributed by atoms with Gasteiger partial charge >= 0.3 is 0 Å². The summed E-state index contributed by atoms with van der Waals surface area (Å²) >= 11 is 12.1. The maximum absolute atomic E-state index is 6.12. The molecule has 134 valence electrons. The predicted octanol–water partition coefficient (Wildman–Crippen LogP) is 5.26. The molecule has 1 heterocycles. The van der Waals surface area contributed by atoms with Crippen molar-refractivity contribution in [2.75, 3.05) is 26.2 Å². The lowest BCUT2D eigenvalue weighted by molar-refractivity contribution is 0.0586. The molecule has 0 radical (unpaired) electrons. The van der Waals surface area contributed by atoms with Gasteiger partial charge in [-0.15, -0.1) is 0 Å². The summed E-state index contributed by atoms with van der Waals surface area (Å²) in [7, 11) is 0. The summed E-state index contributed by atoms with van der Waals surface area (Å²) < 4.78 is 0. The van der Waals surface area contributed by atoms with Gasteiger partial charge in [-0.05, 0) is 50.3 Å². The van der Waals surface area contributed by atoms with Crippen LogP contribution in [0.3, 0.4) is 0 Å². The molecule has 0 bridgehead atoms. The van der Waals surface area contributed by atoms with E-state index < -0.39 is 0 Å². The van der Waals surface area contributed by atoms with Crippen LogP contribution >= 0.6 is 23.2 Å². The quantitative estimate of drug-likeness (QED) is 0.698. The Morgan fingerprint density at radius 1 is 1.00 bits per heavy atom. The number of hydrogen-bond donors (Lipinski definition) is 0. The molecule has 1 aliphatic heterocycles. The fraction of sp³-hybridized carbons (Fsp3) is 0.700. The van der Waals surface area contributed by atoms with Crippen LogP contribution in [-0.2, 0) is 6.42 Å². The lowest BCUT2D eigenvalue weighted by atomic mass is 9.93. The van der Waals surface area contributed by atoms with E-state index in [2.05, 4.69) is 22.8 Å². The standard InChI is InChI=1S/C20H30Cl2N2/c1-16(7-8-17-9-10-19(21)20(22)15-17)23-11-13-24(14-12-23)18-5-3-2-4-6-18/h9-10,15-16,18H,2-8,11-14H2,1H3. The van der Waals surface area contributed by atoms with Crippen LogP contribution in [0.2, 0.25) is 10.0 Å². The molecule has 1 aliphatic carbocycles. The third-order valence-electron chi connectivity index (χ3n) is 5.90. The average Bonchev–Trinajstić information content (AvgIpc) is 2.63. The molecule has 1 atom stereocenters. The number of piperazine rings is 1. The van der Waals surface area contributed by atoms with Gasteiger partial charge in [0, 0.05) is 38.3 Å². The summed E-state index contributed by atoms with van der Waals surface area (Å²) in [5, 5.41) is 1.32. The van der Waals surface area contributed by atoms with E-state index in [0.717, 1.165) is 12.5 Å². The van der Waals surface area contributed by atoms with E-state index in [9.17, 15) is 0 Å². The van der Waals surface area contributed by atoms with Crippen molar-refractivity contribution in [1.29, 1.82) is 0 Å². The van der Waals surface area contributed by atoms with Crippen molar-refractivity contribution in [2.24, 2.45) is 0 Å². The van der Waals surface area contributed by atoms with Crippen LogP contribution in [0.25, 0.3) is 0 Å². The lowest BCUT2D eigenvalue weighted by Crippen LogP contribution is -2.53. The minimum absolute atomic E-state index is 0.632. The van der Waals surface area contributed by atoms with Crippen molar-refractivity contribution < 1.29 is 0 Å². The van der Waals surface area contributed by atoms with Crippen molar-refractivity contribution >= 4 is 23.2 Å². The third-order valence-corrected chi connectivity index (χ3v) is 6.64. The Morgan fingerprint density at radius 2 is 1.71 bits per heavy atom. The maximum Gasteiger partial charge on any atom is 0.0595 e. The third kappa shape index (κ3) is 4.88. The van der Waals surface area contributed by atoms with Gasteiger partial charge in [0.25, 0.3) is 0 Å². The van der Waals surface area contributed by atoms with E-state index in [1.165, 1.54) is 70.3 Å². The zero-order valence-corrected chi connectivity index (χ0v) is 16.3. The minimum atomic E-state index is 0.632. The highest BCUT2D eigenvalue weighted by Crippen LogP contribution is 2.25. The zero-order valence-electron chi connectivity index (χ0n) is 14.8. The smallest absolute Gasteiger partial charge is 0.0595 e. The molecule has 1 aromatic rings. The first-order valence-corrected chi connectivity index (χ1v) is 10.3. The molecule has 4 heteroatoms. The second kappa shape index (κ2) is 8.89.